The Kier molecular flexibility index (Phi) is 5.89. The summed E-state index contributed by atoms with van der Waals surface area (Å²) in [5, 5.41) is 15.7. The summed E-state index contributed by atoms with van der Waals surface area (Å²) in [6.07, 6.45) is 1.48. The van der Waals surface area contributed by atoms with E-state index in [0.29, 0.717) is 16.9 Å². The van der Waals surface area contributed by atoms with Gasteiger partial charge >= 0.3 is 0 Å². The van der Waals surface area contributed by atoms with Gasteiger partial charge in [0.05, 0.1) is 11.8 Å². The van der Waals surface area contributed by atoms with Crippen molar-refractivity contribution in [1.29, 1.82) is 0 Å². The number of carbonyl (C=O) groups excluding carboxylic acids is 1. The Balaban J connectivity index is 1.61. The monoisotopic (exact) mass is 414 g/mol. The van der Waals surface area contributed by atoms with Crippen molar-refractivity contribution in [2.75, 3.05) is 0 Å². The quantitative estimate of drug-likeness (QED) is 0.343. The fourth-order valence-electron chi connectivity index (χ4n) is 3.19. The topological polar surface area (TPSA) is 70.9 Å². The molecule has 0 aliphatic rings. The van der Waals surface area contributed by atoms with Crippen molar-refractivity contribution in [2.24, 2.45) is 5.10 Å². The summed E-state index contributed by atoms with van der Waals surface area (Å²) in [5.74, 6) is -0.506. The number of fused-ring (bicyclic) bond motifs is 1. The van der Waals surface area contributed by atoms with E-state index in [9.17, 15) is 14.3 Å². The number of ether oxygens (including phenoxy) is 1. The molecule has 154 valence electrons. The van der Waals surface area contributed by atoms with Gasteiger partial charge in [-0.25, -0.2) is 9.82 Å². The maximum atomic E-state index is 14.0. The first kappa shape index (κ1) is 20.1. The number of rotatable bonds is 6. The van der Waals surface area contributed by atoms with Crippen LogP contribution in [0.3, 0.4) is 0 Å². The minimum absolute atomic E-state index is 0.0517. The van der Waals surface area contributed by atoms with E-state index in [1.165, 1.54) is 24.4 Å². The largest absolute Gasteiger partial charge is 0.507 e. The number of para-hydroxylation sites is 1. The molecule has 0 heterocycles. The average molecular weight is 414 g/mol. The van der Waals surface area contributed by atoms with Crippen molar-refractivity contribution in [3.8, 4) is 11.5 Å². The molecule has 1 amide bonds. The molecule has 6 heteroatoms. The molecule has 31 heavy (non-hydrogen) atoms. The molecule has 4 aromatic carbocycles. The lowest BCUT2D eigenvalue weighted by molar-refractivity contribution is 0.0952. The molecule has 4 aromatic rings. The van der Waals surface area contributed by atoms with Crippen LogP contribution in [0.4, 0.5) is 4.39 Å². The number of carbonyl (C=O) groups is 1. The number of hydrazone groups is 1. The summed E-state index contributed by atoms with van der Waals surface area (Å²) in [6, 6.07) is 24.0. The van der Waals surface area contributed by atoms with E-state index in [1.807, 2.05) is 30.3 Å². The zero-order valence-corrected chi connectivity index (χ0v) is 16.5. The summed E-state index contributed by atoms with van der Waals surface area (Å²) in [4.78, 5) is 12.3. The fourth-order valence-corrected chi connectivity index (χ4v) is 3.19. The number of phenolic OH excluding ortho intramolecular Hbond substituents is 1. The zero-order valence-electron chi connectivity index (χ0n) is 16.5. The van der Waals surface area contributed by atoms with Gasteiger partial charge in [0.25, 0.3) is 5.91 Å². The zero-order chi connectivity index (χ0) is 21.6. The van der Waals surface area contributed by atoms with E-state index in [2.05, 4.69) is 10.5 Å². The van der Waals surface area contributed by atoms with Gasteiger partial charge in [0.2, 0.25) is 0 Å². The molecule has 0 aliphatic heterocycles. The van der Waals surface area contributed by atoms with E-state index in [-0.39, 0.29) is 23.7 Å². The molecule has 0 saturated carbocycles. The minimum Gasteiger partial charge on any atom is -0.507 e. The van der Waals surface area contributed by atoms with Crippen LogP contribution in [0.15, 0.2) is 90.0 Å². The maximum Gasteiger partial charge on any atom is 0.275 e. The molecule has 0 spiro atoms. The summed E-state index contributed by atoms with van der Waals surface area (Å²) >= 11 is 0. The van der Waals surface area contributed by atoms with Crippen LogP contribution in [0.5, 0.6) is 11.5 Å². The first-order chi connectivity index (χ1) is 15.1. The maximum absolute atomic E-state index is 14.0. The molecule has 0 bridgehead atoms. The fraction of sp³-hybridized carbons (Fsp3) is 0.0400. The third kappa shape index (κ3) is 4.53. The number of nitrogens with one attached hydrogen (secondary N) is 1. The highest BCUT2D eigenvalue weighted by molar-refractivity contribution is 6.03. The van der Waals surface area contributed by atoms with Gasteiger partial charge in [0.15, 0.2) is 0 Å². The van der Waals surface area contributed by atoms with Crippen LogP contribution in [0.1, 0.15) is 21.5 Å². The summed E-state index contributed by atoms with van der Waals surface area (Å²) in [6.45, 7) is 0.0517. The van der Waals surface area contributed by atoms with Crippen molar-refractivity contribution in [2.45, 2.75) is 6.61 Å². The summed E-state index contributed by atoms with van der Waals surface area (Å²) in [7, 11) is 0. The van der Waals surface area contributed by atoms with E-state index in [0.717, 1.165) is 10.8 Å². The highest BCUT2D eigenvalue weighted by atomic mass is 19.1. The Morgan fingerprint density at radius 2 is 1.71 bits per heavy atom. The van der Waals surface area contributed by atoms with Gasteiger partial charge in [0.1, 0.15) is 23.9 Å². The van der Waals surface area contributed by atoms with Crippen LogP contribution in [0.25, 0.3) is 10.8 Å². The number of hydrogen-bond donors (Lipinski definition) is 2. The van der Waals surface area contributed by atoms with Crippen LogP contribution in [-0.4, -0.2) is 17.2 Å². The highest BCUT2D eigenvalue weighted by Gasteiger charge is 2.11. The van der Waals surface area contributed by atoms with Gasteiger partial charge in [-0.3, -0.25) is 4.79 Å². The normalized spacial score (nSPS) is 11.0. The lowest BCUT2D eigenvalue weighted by Gasteiger charge is -2.12. The van der Waals surface area contributed by atoms with E-state index >= 15 is 0 Å². The second-order valence-corrected chi connectivity index (χ2v) is 6.79. The van der Waals surface area contributed by atoms with Gasteiger partial charge in [-0.2, -0.15) is 5.10 Å². The summed E-state index contributed by atoms with van der Waals surface area (Å²) < 4.78 is 19.8. The summed E-state index contributed by atoms with van der Waals surface area (Å²) in [5.41, 5.74) is 3.62. The number of nitrogens with zero attached hydrogens (tertiary/aromatic N) is 1. The van der Waals surface area contributed by atoms with Crippen LogP contribution in [0.2, 0.25) is 0 Å². The average Bonchev–Trinajstić information content (AvgIpc) is 2.79. The van der Waals surface area contributed by atoms with E-state index in [1.54, 1.807) is 36.4 Å². The molecule has 0 atom stereocenters. The third-order valence-corrected chi connectivity index (χ3v) is 4.78. The van der Waals surface area contributed by atoms with Gasteiger partial charge < -0.3 is 9.84 Å². The van der Waals surface area contributed by atoms with Crippen LogP contribution < -0.4 is 10.2 Å². The number of amides is 1. The molecule has 0 saturated heterocycles. The Labute approximate surface area is 178 Å². The molecule has 0 unspecified atom stereocenters. The number of halogens is 1. The SMILES string of the molecule is O=C(NN=Cc1c(OCc2ccccc2F)ccc2ccccc12)c1ccccc1O. The van der Waals surface area contributed by atoms with Crippen molar-refractivity contribution in [3.05, 3.63) is 107 Å². The van der Waals surface area contributed by atoms with Gasteiger partial charge in [-0.05, 0) is 35.0 Å². The van der Waals surface area contributed by atoms with Gasteiger partial charge in [-0.1, -0.05) is 60.7 Å². The second-order valence-electron chi connectivity index (χ2n) is 6.79. The molecular weight excluding hydrogens is 395 g/mol. The molecule has 0 radical (unpaired) electrons. The number of phenols is 1. The number of hydrogen-bond acceptors (Lipinski definition) is 4. The Morgan fingerprint density at radius 3 is 2.55 bits per heavy atom. The van der Waals surface area contributed by atoms with E-state index in [4.69, 9.17) is 4.74 Å². The first-order valence-corrected chi connectivity index (χ1v) is 9.63. The molecule has 4 rings (SSSR count). The Morgan fingerprint density at radius 1 is 0.968 bits per heavy atom. The third-order valence-electron chi connectivity index (χ3n) is 4.78. The van der Waals surface area contributed by atoms with Crippen LogP contribution >= 0.6 is 0 Å². The molecule has 0 aromatic heterocycles. The lowest BCUT2D eigenvalue weighted by atomic mass is 10.0. The number of benzene rings is 4. The molecule has 2 N–H and O–H groups in total. The number of aromatic hydroxyl groups is 1. The first-order valence-electron chi connectivity index (χ1n) is 9.63. The Bertz CT molecular complexity index is 1270. The molecular formula is C25H19FN2O3. The van der Waals surface area contributed by atoms with Gasteiger partial charge in [-0.15, -0.1) is 0 Å². The minimum atomic E-state index is -0.539. The smallest absolute Gasteiger partial charge is 0.275 e. The van der Waals surface area contributed by atoms with Crippen molar-refractivity contribution in [3.63, 3.8) is 0 Å². The second kappa shape index (κ2) is 9.09. The van der Waals surface area contributed by atoms with Gasteiger partial charge in [0, 0.05) is 11.1 Å². The molecule has 0 aliphatic carbocycles. The molecule has 0 fully saturated rings. The van der Waals surface area contributed by atoms with Crippen molar-refractivity contribution >= 4 is 22.9 Å². The molecule has 5 nitrogen and oxygen atoms in total. The predicted octanol–water partition coefficient (Wildman–Crippen LogP) is 5.03. The van der Waals surface area contributed by atoms with E-state index < -0.39 is 5.91 Å². The Hall–Kier alpha value is -4.19. The highest BCUT2D eigenvalue weighted by Crippen LogP contribution is 2.27. The van der Waals surface area contributed by atoms with Crippen molar-refractivity contribution in [1.82, 2.24) is 5.43 Å². The lowest BCUT2D eigenvalue weighted by Crippen LogP contribution is -2.17. The van der Waals surface area contributed by atoms with Crippen LogP contribution in [-0.2, 0) is 6.61 Å². The standard InChI is InChI=1S/C25H19FN2O3/c26-22-11-5-2-8-18(22)16-31-24-14-13-17-7-1-3-9-19(17)21(24)15-27-28-25(30)20-10-4-6-12-23(20)29/h1-15,29H,16H2,(H,28,30). The van der Waals surface area contributed by atoms with Crippen molar-refractivity contribution < 1.29 is 19.0 Å². The van der Waals surface area contributed by atoms with Crippen LogP contribution in [0, 0.1) is 5.82 Å². The predicted molar refractivity (Wildman–Crippen MR) is 118 cm³/mol.